The van der Waals surface area contributed by atoms with E-state index in [0.717, 1.165) is 32.1 Å². The highest BCUT2D eigenvalue weighted by Gasteiger charge is 2.65. The quantitative estimate of drug-likeness (QED) is 0.312. The number of fused-ring (bicyclic) bond motifs is 6. The van der Waals surface area contributed by atoms with Crippen molar-refractivity contribution in [3.05, 3.63) is 48.5 Å². The molecule has 46 heavy (non-hydrogen) atoms. The molecule has 4 aliphatic carbocycles. The smallest absolute Gasteiger partial charge is 0.0602 e. The van der Waals surface area contributed by atoms with Gasteiger partial charge in [0.05, 0.1) is 18.3 Å². The number of aliphatic hydroxyl groups is 3. The molecule has 0 bridgehead atoms. The van der Waals surface area contributed by atoms with Crippen LogP contribution in [0.15, 0.2) is 48.5 Å². The summed E-state index contributed by atoms with van der Waals surface area (Å²) in [5.74, 6) is 2.86. The van der Waals surface area contributed by atoms with E-state index < -0.39 is 0 Å². The van der Waals surface area contributed by atoms with Gasteiger partial charge < -0.3 is 15.3 Å². The highest BCUT2D eigenvalue weighted by Crippen LogP contribution is 2.68. The molecule has 268 valence electrons. The van der Waals surface area contributed by atoms with Crippen LogP contribution in [0.1, 0.15) is 148 Å². The van der Waals surface area contributed by atoms with Crippen molar-refractivity contribution in [2.45, 2.75) is 167 Å². The van der Waals surface area contributed by atoms with Crippen molar-refractivity contribution in [1.29, 1.82) is 0 Å². The zero-order valence-electron chi connectivity index (χ0n) is 30.2. The summed E-state index contributed by atoms with van der Waals surface area (Å²) in [4.78, 5) is 0. The number of hydrogen-bond donors (Lipinski definition) is 3. The van der Waals surface area contributed by atoms with Crippen molar-refractivity contribution in [2.24, 2.45) is 46.3 Å². The Morgan fingerprint density at radius 1 is 0.739 bits per heavy atom. The molecule has 3 heteroatoms. The molecule has 11 unspecified atom stereocenters. The van der Waals surface area contributed by atoms with Gasteiger partial charge in [-0.2, -0.15) is 0 Å². The summed E-state index contributed by atoms with van der Waals surface area (Å²) in [5.41, 5.74) is 0.146. The Hall–Kier alpha value is -1.42. The standard InChI is InChI=1S/C24H42O3.C10H8.C3H8.2C2H6.2CH4/c1-5-6-14(2)17-7-8-18-22-19(13-21(27)24(17,18)4)23(3)10-9-16(25)11-15(23)12-20(22)26;1-2-6-10-8-4-3-7-9(10)5-1;1-3-2;2*1-2;;/h14-22,25-27H,5-13H2,1-4H3;1-8H;3H2,1-2H3;2*1-2H3;2*1H4. The summed E-state index contributed by atoms with van der Waals surface area (Å²) >= 11 is 0. The van der Waals surface area contributed by atoms with Gasteiger partial charge in [-0.3, -0.25) is 0 Å². The number of aliphatic hydroxyl groups excluding tert-OH is 3. The minimum atomic E-state index is -0.254. The van der Waals surface area contributed by atoms with E-state index in [4.69, 9.17) is 0 Å². The lowest BCUT2D eigenvalue weighted by Crippen LogP contribution is -2.62. The molecule has 0 saturated heterocycles. The normalized spacial score (nSPS) is 35.8. The third kappa shape index (κ3) is 9.38. The lowest BCUT2D eigenvalue weighted by molar-refractivity contribution is -0.207. The van der Waals surface area contributed by atoms with Crippen molar-refractivity contribution in [3.63, 3.8) is 0 Å². The molecule has 0 spiro atoms. The minimum absolute atomic E-state index is 0. The van der Waals surface area contributed by atoms with Crippen molar-refractivity contribution in [2.75, 3.05) is 0 Å². The van der Waals surface area contributed by atoms with E-state index >= 15 is 0 Å². The van der Waals surface area contributed by atoms with Gasteiger partial charge in [-0.25, -0.2) is 0 Å². The summed E-state index contributed by atoms with van der Waals surface area (Å²) in [5, 5.41) is 35.6. The lowest BCUT2D eigenvalue weighted by Gasteiger charge is -2.63. The zero-order chi connectivity index (χ0) is 33.1. The van der Waals surface area contributed by atoms with E-state index in [9.17, 15) is 15.3 Å². The van der Waals surface area contributed by atoms with Crippen LogP contribution in [0.3, 0.4) is 0 Å². The van der Waals surface area contributed by atoms with Crippen LogP contribution < -0.4 is 0 Å². The third-order valence-electron chi connectivity index (χ3n) is 11.9. The van der Waals surface area contributed by atoms with Crippen molar-refractivity contribution in [1.82, 2.24) is 0 Å². The Morgan fingerprint density at radius 3 is 1.72 bits per heavy atom. The second kappa shape index (κ2) is 20.8. The average molecular weight is 643 g/mol. The maximum Gasteiger partial charge on any atom is 0.0602 e. The first-order chi connectivity index (χ1) is 21.1. The average Bonchev–Trinajstić information content (AvgIpc) is 3.40. The number of hydrogen-bond acceptors (Lipinski definition) is 3. The van der Waals surface area contributed by atoms with Crippen LogP contribution >= 0.6 is 0 Å². The van der Waals surface area contributed by atoms with Gasteiger partial charge in [0.25, 0.3) is 0 Å². The fraction of sp³-hybridized carbons (Fsp3) is 0.767. The van der Waals surface area contributed by atoms with Crippen LogP contribution in [-0.2, 0) is 0 Å². The topological polar surface area (TPSA) is 60.7 Å². The fourth-order valence-electron chi connectivity index (χ4n) is 9.92. The van der Waals surface area contributed by atoms with Crippen LogP contribution in [0.4, 0.5) is 0 Å². The van der Waals surface area contributed by atoms with Gasteiger partial charge in [0, 0.05) is 0 Å². The minimum Gasteiger partial charge on any atom is -0.393 e. The van der Waals surface area contributed by atoms with E-state index in [0.29, 0.717) is 35.5 Å². The molecule has 4 aliphatic rings. The Morgan fingerprint density at radius 2 is 1.24 bits per heavy atom. The predicted octanol–water partition coefficient (Wildman–Crippen LogP) is 12.0. The van der Waals surface area contributed by atoms with Crippen LogP contribution in [0.5, 0.6) is 0 Å². The Labute approximate surface area is 287 Å². The predicted molar refractivity (Wildman–Crippen MR) is 204 cm³/mol. The SMILES string of the molecule is C.C.CC.CC.CCC.CCCC(C)C1CCC2C3C(O)CC4CC(O)CCC4(C)C3CC(O)C12C.c1ccc2ccccc2c1. The second-order valence-electron chi connectivity index (χ2n) is 14.3. The second-order valence-corrected chi connectivity index (χ2v) is 14.3. The molecule has 11 atom stereocenters. The van der Waals surface area contributed by atoms with E-state index in [2.05, 4.69) is 90.1 Å². The molecule has 2 aromatic rings. The summed E-state index contributed by atoms with van der Waals surface area (Å²) in [6, 6.07) is 16.7. The summed E-state index contributed by atoms with van der Waals surface area (Å²) in [7, 11) is 0. The van der Waals surface area contributed by atoms with E-state index in [-0.39, 0.29) is 44.0 Å². The first-order valence-electron chi connectivity index (χ1n) is 18.6. The van der Waals surface area contributed by atoms with Gasteiger partial charge in [0.15, 0.2) is 0 Å². The summed E-state index contributed by atoms with van der Waals surface area (Å²) in [6.07, 6.45) is 9.89. The Bertz CT molecular complexity index is 1000. The van der Waals surface area contributed by atoms with Gasteiger partial charge in [-0.05, 0) is 102 Å². The van der Waals surface area contributed by atoms with E-state index in [1.807, 2.05) is 27.7 Å². The highest BCUT2D eigenvalue weighted by atomic mass is 16.3. The summed E-state index contributed by atoms with van der Waals surface area (Å²) in [6.45, 7) is 21.7. The van der Waals surface area contributed by atoms with Crippen molar-refractivity contribution >= 4 is 10.8 Å². The number of benzene rings is 2. The molecule has 6 rings (SSSR count). The zero-order valence-corrected chi connectivity index (χ0v) is 30.2. The Kier molecular flexibility index (Phi) is 20.2. The van der Waals surface area contributed by atoms with Gasteiger partial charge in [0.1, 0.15) is 0 Å². The molecule has 3 N–H and O–H groups in total. The van der Waals surface area contributed by atoms with E-state index in [1.54, 1.807) is 0 Å². The lowest BCUT2D eigenvalue weighted by atomic mass is 9.43. The van der Waals surface area contributed by atoms with Gasteiger partial charge in [-0.15, -0.1) is 0 Å². The van der Waals surface area contributed by atoms with Crippen molar-refractivity contribution in [3.8, 4) is 0 Å². The van der Waals surface area contributed by atoms with Crippen LogP contribution in [0.25, 0.3) is 10.8 Å². The Balaban J connectivity index is 0.000000889. The molecule has 0 heterocycles. The van der Waals surface area contributed by atoms with E-state index in [1.165, 1.54) is 42.9 Å². The monoisotopic (exact) mass is 643 g/mol. The van der Waals surface area contributed by atoms with Crippen LogP contribution in [0.2, 0.25) is 0 Å². The molecule has 4 saturated carbocycles. The molecule has 2 aromatic carbocycles. The highest BCUT2D eigenvalue weighted by molar-refractivity contribution is 5.82. The maximum absolute atomic E-state index is 11.5. The molecule has 4 fully saturated rings. The molecule has 0 aromatic heterocycles. The van der Waals surface area contributed by atoms with Gasteiger partial charge in [0.2, 0.25) is 0 Å². The van der Waals surface area contributed by atoms with Gasteiger partial charge >= 0.3 is 0 Å². The van der Waals surface area contributed by atoms with Crippen molar-refractivity contribution < 1.29 is 15.3 Å². The van der Waals surface area contributed by atoms with Crippen LogP contribution in [0, 0.1) is 46.3 Å². The molecule has 0 amide bonds. The van der Waals surface area contributed by atoms with Crippen LogP contribution in [-0.4, -0.2) is 33.6 Å². The summed E-state index contributed by atoms with van der Waals surface area (Å²) < 4.78 is 0. The first kappa shape index (κ1) is 44.6. The largest absolute Gasteiger partial charge is 0.393 e. The first-order valence-corrected chi connectivity index (χ1v) is 18.6. The molecule has 3 nitrogen and oxygen atoms in total. The fourth-order valence-corrected chi connectivity index (χ4v) is 9.92. The van der Waals surface area contributed by atoms with Gasteiger partial charge in [-0.1, -0.05) is 152 Å². The molecular formula is C43H78O3. The molecule has 0 aliphatic heterocycles. The third-order valence-corrected chi connectivity index (χ3v) is 11.9. The molecular weight excluding hydrogens is 564 g/mol. The maximum atomic E-state index is 11.5. The molecule has 0 radical (unpaired) electrons. The number of rotatable bonds is 3.